The zero-order valence-electron chi connectivity index (χ0n) is 12.3. The molecule has 1 N–H and O–H groups in total. The van der Waals surface area contributed by atoms with Crippen LogP contribution in [0.3, 0.4) is 0 Å². The maximum Gasteiger partial charge on any atom is 0.253 e. The second-order valence-corrected chi connectivity index (χ2v) is 5.45. The van der Waals surface area contributed by atoms with Crippen molar-refractivity contribution in [2.24, 2.45) is 5.92 Å². The van der Waals surface area contributed by atoms with Gasteiger partial charge in [-0.1, -0.05) is 0 Å². The molecule has 1 aromatic carbocycles. The molecule has 1 saturated heterocycles. The topological polar surface area (TPSA) is 80.1 Å². The Morgan fingerprint density at radius 2 is 2.00 bits per heavy atom. The van der Waals surface area contributed by atoms with Crippen LogP contribution < -0.4 is 5.32 Å². The molecule has 1 aliphatic heterocycles. The number of amides is 2. The van der Waals surface area contributed by atoms with Crippen molar-refractivity contribution in [3.05, 3.63) is 42.5 Å². The Balaban J connectivity index is 1.53. The van der Waals surface area contributed by atoms with Crippen LogP contribution in [0.4, 0.5) is 5.69 Å². The molecule has 1 aromatic heterocycles. The zero-order valence-corrected chi connectivity index (χ0v) is 12.3. The standard InChI is InChI=1S/C15H17N5O2/c1-11(21)18-14-4-2-13(3-5-14)15(22)19-6-12(7-19)8-20-10-16-9-17-20/h2-5,9-10,12H,6-8H2,1H3,(H,18,21). The predicted molar refractivity (Wildman–Crippen MR) is 80.2 cm³/mol. The summed E-state index contributed by atoms with van der Waals surface area (Å²) in [6.07, 6.45) is 3.20. The molecule has 3 rings (SSSR count). The first-order chi connectivity index (χ1) is 10.6. The van der Waals surface area contributed by atoms with Crippen LogP contribution in [0.1, 0.15) is 17.3 Å². The van der Waals surface area contributed by atoms with E-state index in [1.54, 1.807) is 35.3 Å². The third-order valence-electron chi connectivity index (χ3n) is 3.61. The zero-order chi connectivity index (χ0) is 15.5. The molecule has 1 aliphatic rings. The van der Waals surface area contributed by atoms with Crippen LogP contribution >= 0.6 is 0 Å². The van der Waals surface area contributed by atoms with Gasteiger partial charge in [0.25, 0.3) is 5.91 Å². The molecule has 0 unspecified atom stereocenters. The van der Waals surface area contributed by atoms with Crippen molar-refractivity contribution in [3.63, 3.8) is 0 Å². The second-order valence-electron chi connectivity index (χ2n) is 5.45. The molecule has 1 fully saturated rings. The van der Waals surface area contributed by atoms with Gasteiger partial charge in [0, 0.05) is 43.7 Å². The summed E-state index contributed by atoms with van der Waals surface area (Å²) in [5.74, 6) is 0.311. The Kier molecular flexibility index (Phi) is 3.86. The van der Waals surface area contributed by atoms with E-state index < -0.39 is 0 Å². The second kappa shape index (κ2) is 5.97. The predicted octanol–water partition coefficient (Wildman–Crippen LogP) is 1.01. The molecule has 7 nitrogen and oxygen atoms in total. The van der Waals surface area contributed by atoms with Crippen LogP contribution in [0.25, 0.3) is 0 Å². The van der Waals surface area contributed by atoms with Gasteiger partial charge in [-0.05, 0) is 24.3 Å². The number of rotatable bonds is 4. The highest BCUT2D eigenvalue weighted by atomic mass is 16.2. The van der Waals surface area contributed by atoms with Gasteiger partial charge in [-0.2, -0.15) is 5.10 Å². The van der Waals surface area contributed by atoms with Crippen molar-refractivity contribution in [1.82, 2.24) is 19.7 Å². The molecule has 0 atom stereocenters. The third kappa shape index (κ3) is 3.13. The summed E-state index contributed by atoms with van der Waals surface area (Å²) in [6, 6.07) is 6.94. The number of benzene rings is 1. The molecular weight excluding hydrogens is 282 g/mol. The smallest absolute Gasteiger partial charge is 0.253 e. The van der Waals surface area contributed by atoms with E-state index in [0.717, 1.165) is 19.6 Å². The Morgan fingerprint density at radius 3 is 2.59 bits per heavy atom. The maximum absolute atomic E-state index is 12.3. The number of likely N-dealkylation sites (tertiary alicyclic amines) is 1. The van der Waals surface area contributed by atoms with E-state index in [-0.39, 0.29) is 11.8 Å². The summed E-state index contributed by atoms with van der Waals surface area (Å²) in [5.41, 5.74) is 1.32. The van der Waals surface area contributed by atoms with Crippen LogP contribution in [-0.4, -0.2) is 44.6 Å². The van der Waals surface area contributed by atoms with Crippen LogP contribution in [0.15, 0.2) is 36.9 Å². The van der Waals surface area contributed by atoms with Gasteiger partial charge in [-0.3, -0.25) is 14.3 Å². The summed E-state index contributed by atoms with van der Waals surface area (Å²) in [5, 5.41) is 6.75. The highest BCUT2D eigenvalue weighted by Crippen LogP contribution is 2.20. The Labute approximate surface area is 127 Å². The molecule has 7 heteroatoms. The SMILES string of the molecule is CC(=O)Nc1ccc(C(=O)N2CC(Cn3cncn3)C2)cc1. The normalized spacial score (nSPS) is 14.5. The Bertz CT molecular complexity index is 660. The molecule has 0 aliphatic carbocycles. The highest BCUT2D eigenvalue weighted by molar-refractivity contribution is 5.95. The van der Waals surface area contributed by atoms with E-state index in [1.807, 2.05) is 4.90 Å². The van der Waals surface area contributed by atoms with Crippen LogP contribution in [0.2, 0.25) is 0 Å². The lowest BCUT2D eigenvalue weighted by atomic mass is 9.99. The van der Waals surface area contributed by atoms with Crippen molar-refractivity contribution in [1.29, 1.82) is 0 Å². The first-order valence-corrected chi connectivity index (χ1v) is 7.11. The number of aromatic nitrogens is 3. The lowest BCUT2D eigenvalue weighted by Gasteiger charge is -2.39. The van der Waals surface area contributed by atoms with Crippen molar-refractivity contribution >= 4 is 17.5 Å². The number of nitrogens with one attached hydrogen (secondary N) is 1. The van der Waals surface area contributed by atoms with Gasteiger partial charge in [0.15, 0.2) is 0 Å². The van der Waals surface area contributed by atoms with E-state index in [1.165, 1.54) is 13.3 Å². The molecule has 2 amide bonds. The molecule has 0 saturated carbocycles. The van der Waals surface area contributed by atoms with Gasteiger partial charge in [-0.25, -0.2) is 4.98 Å². The maximum atomic E-state index is 12.3. The number of carbonyl (C=O) groups excluding carboxylic acids is 2. The fraction of sp³-hybridized carbons (Fsp3) is 0.333. The summed E-state index contributed by atoms with van der Waals surface area (Å²) >= 11 is 0. The first kappa shape index (κ1) is 14.2. The minimum Gasteiger partial charge on any atom is -0.338 e. The van der Waals surface area contributed by atoms with Gasteiger partial charge in [0.1, 0.15) is 12.7 Å². The lowest BCUT2D eigenvalue weighted by Crippen LogP contribution is -2.51. The van der Waals surface area contributed by atoms with Crippen LogP contribution in [-0.2, 0) is 11.3 Å². The van der Waals surface area contributed by atoms with E-state index in [4.69, 9.17) is 0 Å². The highest BCUT2D eigenvalue weighted by Gasteiger charge is 2.31. The Morgan fingerprint density at radius 1 is 1.27 bits per heavy atom. The van der Waals surface area contributed by atoms with Gasteiger partial charge in [0.2, 0.25) is 5.91 Å². The minimum absolute atomic E-state index is 0.0178. The molecule has 0 radical (unpaired) electrons. The van der Waals surface area contributed by atoms with Gasteiger partial charge in [-0.15, -0.1) is 0 Å². The summed E-state index contributed by atoms with van der Waals surface area (Å²) < 4.78 is 1.79. The first-order valence-electron chi connectivity index (χ1n) is 7.11. The molecule has 2 aromatic rings. The molecule has 0 bridgehead atoms. The summed E-state index contributed by atoms with van der Waals surface area (Å²) in [6.45, 7) is 3.69. The largest absolute Gasteiger partial charge is 0.338 e. The van der Waals surface area contributed by atoms with Crippen LogP contribution in [0, 0.1) is 5.92 Å². The summed E-state index contributed by atoms with van der Waals surface area (Å²) in [7, 11) is 0. The average molecular weight is 299 g/mol. The number of hydrogen-bond donors (Lipinski definition) is 1. The third-order valence-corrected chi connectivity index (χ3v) is 3.61. The summed E-state index contributed by atoms with van der Waals surface area (Å²) in [4.78, 5) is 29.0. The van der Waals surface area contributed by atoms with Crippen molar-refractivity contribution < 1.29 is 9.59 Å². The molecule has 2 heterocycles. The molecule has 22 heavy (non-hydrogen) atoms. The van der Waals surface area contributed by atoms with E-state index in [0.29, 0.717) is 17.2 Å². The minimum atomic E-state index is -0.127. The van der Waals surface area contributed by atoms with Gasteiger partial charge in [0.05, 0.1) is 0 Å². The lowest BCUT2D eigenvalue weighted by molar-refractivity contribution is -0.114. The number of hydrogen-bond acceptors (Lipinski definition) is 4. The monoisotopic (exact) mass is 299 g/mol. The quantitative estimate of drug-likeness (QED) is 0.913. The van der Waals surface area contributed by atoms with Crippen molar-refractivity contribution in [2.75, 3.05) is 18.4 Å². The molecular formula is C15H17N5O2. The number of carbonyl (C=O) groups is 2. The van der Waals surface area contributed by atoms with E-state index in [9.17, 15) is 9.59 Å². The molecule has 0 spiro atoms. The van der Waals surface area contributed by atoms with E-state index in [2.05, 4.69) is 15.4 Å². The van der Waals surface area contributed by atoms with Crippen LogP contribution in [0.5, 0.6) is 0 Å². The molecule has 114 valence electrons. The van der Waals surface area contributed by atoms with Gasteiger partial charge < -0.3 is 10.2 Å². The Hall–Kier alpha value is -2.70. The fourth-order valence-electron chi connectivity index (χ4n) is 2.52. The number of anilines is 1. The van der Waals surface area contributed by atoms with Gasteiger partial charge >= 0.3 is 0 Å². The fourth-order valence-corrected chi connectivity index (χ4v) is 2.52. The van der Waals surface area contributed by atoms with E-state index >= 15 is 0 Å². The van der Waals surface area contributed by atoms with Crippen molar-refractivity contribution in [3.8, 4) is 0 Å². The average Bonchev–Trinajstić information content (AvgIpc) is 2.95. The van der Waals surface area contributed by atoms with Crippen molar-refractivity contribution in [2.45, 2.75) is 13.5 Å². The number of nitrogens with zero attached hydrogens (tertiary/aromatic N) is 4.